The summed E-state index contributed by atoms with van der Waals surface area (Å²) < 4.78 is 10.5. The monoisotopic (exact) mass is 335 g/mol. The van der Waals surface area contributed by atoms with E-state index in [1.165, 1.54) is 19.3 Å². The van der Waals surface area contributed by atoms with Crippen molar-refractivity contribution in [3.05, 3.63) is 18.2 Å². The molecule has 0 unspecified atom stereocenters. The number of carbonyl (C=O) groups is 1. The number of rotatable bonds is 6. The molecule has 2 amide bonds. The molecule has 0 aromatic heterocycles. The summed E-state index contributed by atoms with van der Waals surface area (Å²) in [5, 5.41) is 5.78. The van der Waals surface area contributed by atoms with Crippen LogP contribution in [0.1, 0.15) is 33.1 Å². The highest BCUT2D eigenvalue weighted by Gasteiger charge is 2.23. The number of hydrogen-bond donors (Lipinski definition) is 2. The second kappa shape index (κ2) is 8.78. The van der Waals surface area contributed by atoms with E-state index >= 15 is 0 Å². The number of benzene rings is 1. The third kappa shape index (κ3) is 4.77. The second-order valence-corrected chi connectivity index (χ2v) is 6.33. The molecule has 1 aromatic rings. The Labute approximate surface area is 144 Å². The van der Waals surface area contributed by atoms with Crippen LogP contribution in [0.2, 0.25) is 0 Å². The van der Waals surface area contributed by atoms with E-state index in [0.717, 1.165) is 6.54 Å². The van der Waals surface area contributed by atoms with Crippen LogP contribution in [-0.4, -0.2) is 50.3 Å². The van der Waals surface area contributed by atoms with Crippen LogP contribution >= 0.6 is 0 Å². The molecule has 2 N–H and O–H groups in total. The number of carbonyl (C=O) groups excluding carboxylic acids is 1. The van der Waals surface area contributed by atoms with Crippen LogP contribution in [0.25, 0.3) is 0 Å². The minimum atomic E-state index is -0.238. The molecule has 24 heavy (non-hydrogen) atoms. The van der Waals surface area contributed by atoms with Crippen molar-refractivity contribution in [2.75, 3.05) is 32.6 Å². The Morgan fingerprint density at radius 3 is 2.79 bits per heavy atom. The lowest BCUT2D eigenvalue weighted by Gasteiger charge is -2.38. The Balaban J connectivity index is 1.89. The topological polar surface area (TPSA) is 62.8 Å². The SMILES string of the molecule is COc1ccc(OC)c(NC(=O)NC[C@H](C)N2CCCC[C@H]2C)c1. The maximum Gasteiger partial charge on any atom is 0.319 e. The van der Waals surface area contributed by atoms with Gasteiger partial charge in [0, 0.05) is 24.7 Å². The molecule has 1 aliphatic heterocycles. The van der Waals surface area contributed by atoms with Crippen LogP contribution in [-0.2, 0) is 0 Å². The highest BCUT2D eigenvalue weighted by molar-refractivity contribution is 5.91. The van der Waals surface area contributed by atoms with Crippen LogP contribution in [0.3, 0.4) is 0 Å². The van der Waals surface area contributed by atoms with E-state index in [4.69, 9.17) is 9.47 Å². The third-order valence-corrected chi connectivity index (χ3v) is 4.63. The molecule has 1 fully saturated rings. The molecule has 1 aromatic carbocycles. The molecule has 1 heterocycles. The van der Waals surface area contributed by atoms with Gasteiger partial charge in [0.25, 0.3) is 0 Å². The maximum absolute atomic E-state index is 12.2. The molecule has 1 aliphatic rings. The summed E-state index contributed by atoms with van der Waals surface area (Å²) in [6, 6.07) is 5.97. The Morgan fingerprint density at radius 2 is 2.12 bits per heavy atom. The fourth-order valence-corrected chi connectivity index (χ4v) is 3.21. The first-order chi connectivity index (χ1) is 11.5. The van der Waals surface area contributed by atoms with E-state index in [1.54, 1.807) is 32.4 Å². The van der Waals surface area contributed by atoms with Crippen LogP contribution in [0, 0.1) is 0 Å². The number of likely N-dealkylation sites (tertiary alicyclic amines) is 1. The van der Waals surface area contributed by atoms with Gasteiger partial charge < -0.3 is 20.1 Å². The minimum Gasteiger partial charge on any atom is -0.497 e. The normalized spacial score (nSPS) is 19.4. The molecule has 2 rings (SSSR count). The van der Waals surface area contributed by atoms with Crippen molar-refractivity contribution in [2.45, 2.75) is 45.2 Å². The first-order valence-corrected chi connectivity index (χ1v) is 8.57. The van der Waals surface area contributed by atoms with Crippen LogP contribution < -0.4 is 20.1 Å². The predicted molar refractivity (Wildman–Crippen MR) is 96.0 cm³/mol. The van der Waals surface area contributed by atoms with Crippen molar-refractivity contribution in [2.24, 2.45) is 0 Å². The Bertz CT molecular complexity index is 550. The van der Waals surface area contributed by atoms with Crippen molar-refractivity contribution in [3.63, 3.8) is 0 Å². The van der Waals surface area contributed by atoms with E-state index in [0.29, 0.717) is 35.8 Å². The number of hydrogen-bond acceptors (Lipinski definition) is 4. The summed E-state index contributed by atoms with van der Waals surface area (Å²) in [6.45, 7) is 6.14. The number of piperidine rings is 1. The number of ether oxygens (including phenoxy) is 2. The average molecular weight is 335 g/mol. The van der Waals surface area contributed by atoms with E-state index < -0.39 is 0 Å². The summed E-state index contributed by atoms with van der Waals surface area (Å²) in [6.07, 6.45) is 3.77. The number of nitrogens with zero attached hydrogens (tertiary/aromatic N) is 1. The Morgan fingerprint density at radius 1 is 1.33 bits per heavy atom. The van der Waals surface area contributed by atoms with Gasteiger partial charge in [-0.05, 0) is 45.4 Å². The van der Waals surface area contributed by atoms with Gasteiger partial charge in [0.05, 0.1) is 19.9 Å². The van der Waals surface area contributed by atoms with Gasteiger partial charge >= 0.3 is 6.03 Å². The lowest BCUT2D eigenvalue weighted by Crippen LogP contribution is -2.49. The van der Waals surface area contributed by atoms with E-state index in [1.807, 2.05) is 0 Å². The Kier molecular flexibility index (Phi) is 6.73. The number of methoxy groups -OCH3 is 2. The van der Waals surface area contributed by atoms with Crippen LogP contribution in [0.5, 0.6) is 11.5 Å². The zero-order valence-corrected chi connectivity index (χ0v) is 15.1. The molecule has 2 atom stereocenters. The number of nitrogens with one attached hydrogen (secondary N) is 2. The highest BCUT2D eigenvalue weighted by Crippen LogP contribution is 2.28. The third-order valence-electron chi connectivity index (χ3n) is 4.63. The summed E-state index contributed by atoms with van der Waals surface area (Å²) in [5.74, 6) is 1.27. The summed E-state index contributed by atoms with van der Waals surface area (Å²) in [4.78, 5) is 14.7. The van der Waals surface area contributed by atoms with Gasteiger partial charge in [-0.2, -0.15) is 0 Å². The lowest BCUT2D eigenvalue weighted by molar-refractivity contribution is 0.114. The zero-order chi connectivity index (χ0) is 17.5. The van der Waals surface area contributed by atoms with Crippen molar-refractivity contribution in [1.82, 2.24) is 10.2 Å². The van der Waals surface area contributed by atoms with Gasteiger partial charge in [0.2, 0.25) is 0 Å². The van der Waals surface area contributed by atoms with Gasteiger partial charge in [0.1, 0.15) is 11.5 Å². The highest BCUT2D eigenvalue weighted by atomic mass is 16.5. The van der Waals surface area contributed by atoms with Gasteiger partial charge in [0.15, 0.2) is 0 Å². The molecular formula is C18H29N3O3. The van der Waals surface area contributed by atoms with E-state index in [9.17, 15) is 4.79 Å². The predicted octanol–water partition coefficient (Wildman–Crippen LogP) is 3.09. The molecule has 0 saturated carbocycles. The molecule has 0 aliphatic carbocycles. The molecule has 0 bridgehead atoms. The average Bonchev–Trinajstić information content (AvgIpc) is 2.60. The van der Waals surface area contributed by atoms with Gasteiger partial charge in [-0.15, -0.1) is 0 Å². The summed E-state index contributed by atoms with van der Waals surface area (Å²) >= 11 is 0. The quantitative estimate of drug-likeness (QED) is 0.838. The smallest absolute Gasteiger partial charge is 0.319 e. The zero-order valence-electron chi connectivity index (χ0n) is 15.1. The largest absolute Gasteiger partial charge is 0.497 e. The molecule has 134 valence electrons. The summed E-state index contributed by atoms with van der Waals surface area (Å²) in [7, 11) is 3.16. The first-order valence-electron chi connectivity index (χ1n) is 8.57. The van der Waals surface area contributed by atoms with E-state index in [-0.39, 0.29) is 6.03 Å². The molecule has 6 heteroatoms. The molecular weight excluding hydrogens is 306 g/mol. The number of urea groups is 1. The fourth-order valence-electron chi connectivity index (χ4n) is 3.21. The van der Waals surface area contributed by atoms with E-state index in [2.05, 4.69) is 29.4 Å². The fraction of sp³-hybridized carbons (Fsp3) is 0.611. The van der Waals surface area contributed by atoms with Crippen LogP contribution in [0.15, 0.2) is 18.2 Å². The van der Waals surface area contributed by atoms with Crippen molar-refractivity contribution in [1.29, 1.82) is 0 Å². The van der Waals surface area contributed by atoms with Crippen molar-refractivity contribution in [3.8, 4) is 11.5 Å². The Hall–Kier alpha value is -1.95. The minimum absolute atomic E-state index is 0.238. The van der Waals surface area contributed by atoms with Crippen molar-refractivity contribution >= 4 is 11.7 Å². The van der Waals surface area contributed by atoms with Gasteiger partial charge in [-0.3, -0.25) is 4.90 Å². The van der Waals surface area contributed by atoms with Gasteiger partial charge in [-0.25, -0.2) is 4.79 Å². The van der Waals surface area contributed by atoms with Crippen LogP contribution in [0.4, 0.5) is 10.5 Å². The second-order valence-electron chi connectivity index (χ2n) is 6.33. The maximum atomic E-state index is 12.2. The van der Waals surface area contributed by atoms with Crippen molar-refractivity contribution < 1.29 is 14.3 Å². The molecule has 6 nitrogen and oxygen atoms in total. The molecule has 0 radical (unpaired) electrons. The first kappa shape index (κ1) is 18.4. The standard InChI is InChI=1S/C18H29N3O3/c1-13-7-5-6-10-21(13)14(2)12-19-18(22)20-16-11-15(23-3)8-9-17(16)24-4/h8-9,11,13-14H,5-7,10,12H2,1-4H3,(H2,19,20,22)/t13-,14+/m1/s1. The summed E-state index contributed by atoms with van der Waals surface area (Å²) in [5.41, 5.74) is 0.591. The molecule has 1 saturated heterocycles. The molecule has 0 spiro atoms. The lowest BCUT2D eigenvalue weighted by atomic mass is 10.0. The van der Waals surface area contributed by atoms with Gasteiger partial charge in [-0.1, -0.05) is 6.42 Å². The number of amides is 2. The number of anilines is 1.